The Bertz CT molecular complexity index is 297. The number of nitrogens with one attached hydrogen (secondary N) is 2. The highest BCUT2D eigenvalue weighted by atomic mass is 79.9. The summed E-state index contributed by atoms with van der Waals surface area (Å²) in [5, 5.41) is 6.91. The van der Waals surface area contributed by atoms with E-state index in [-0.39, 0.29) is 0 Å². The van der Waals surface area contributed by atoms with E-state index in [1.165, 1.54) is 28.0 Å². The third-order valence-electron chi connectivity index (χ3n) is 2.54. The molecule has 2 N–H and O–H groups in total. The average molecular weight is 289 g/mol. The Morgan fingerprint density at radius 3 is 2.73 bits per heavy atom. The Balaban J connectivity index is 1.47. The zero-order chi connectivity index (χ0) is 10.5. The van der Waals surface area contributed by atoms with E-state index < -0.39 is 0 Å². The normalized spacial score (nSPS) is 15.8. The van der Waals surface area contributed by atoms with Gasteiger partial charge in [0.25, 0.3) is 0 Å². The van der Waals surface area contributed by atoms with Crippen molar-refractivity contribution in [2.45, 2.75) is 19.4 Å². The summed E-state index contributed by atoms with van der Waals surface area (Å²) in [5.41, 5.74) is 0. The Kier molecular flexibility index (Phi) is 4.62. The third-order valence-corrected chi connectivity index (χ3v) is 4.16. The second-order valence-corrected chi connectivity index (χ2v) is 6.58. The van der Waals surface area contributed by atoms with Crippen LogP contribution in [0.2, 0.25) is 0 Å². The van der Waals surface area contributed by atoms with Crippen molar-refractivity contribution in [3.05, 3.63) is 20.8 Å². The van der Waals surface area contributed by atoms with Gasteiger partial charge in [-0.1, -0.05) is 0 Å². The summed E-state index contributed by atoms with van der Waals surface area (Å²) in [5.74, 6) is 0.984. The molecule has 1 saturated carbocycles. The molecule has 2 rings (SSSR count). The smallest absolute Gasteiger partial charge is 0.0701 e. The summed E-state index contributed by atoms with van der Waals surface area (Å²) in [7, 11) is 0. The van der Waals surface area contributed by atoms with Crippen molar-refractivity contribution in [3.8, 4) is 0 Å². The molecule has 1 aromatic rings. The molecular weight excluding hydrogens is 272 g/mol. The highest BCUT2D eigenvalue weighted by Crippen LogP contribution is 2.27. The van der Waals surface area contributed by atoms with Crippen molar-refractivity contribution in [1.29, 1.82) is 0 Å². The molecule has 2 nitrogen and oxygen atoms in total. The molecule has 1 heterocycles. The van der Waals surface area contributed by atoms with Gasteiger partial charge in [0, 0.05) is 24.5 Å². The van der Waals surface area contributed by atoms with Gasteiger partial charge in [-0.15, -0.1) is 11.3 Å². The Morgan fingerprint density at radius 1 is 1.27 bits per heavy atom. The lowest BCUT2D eigenvalue weighted by atomic mass is 10.4. The van der Waals surface area contributed by atoms with Crippen LogP contribution in [0.1, 0.15) is 17.7 Å². The highest BCUT2D eigenvalue weighted by molar-refractivity contribution is 9.11. The minimum atomic E-state index is 0.984. The van der Waals surface area contributed by atoms with Crippen molar-refractivity contribution in [2.24, 2.45) is 5.92 Å². The molecule has 0 atom stereocenters. The summed E-state index contributed by atoms with van der Waals surface area (Å²) < 4.78 is 1.21. The van der Waals surface area contributed by atoms with Gasteiger partial charge in [-0.05, 0) is 53.4 Å². The number of hydrogen-bond donors (Lipinski definition) is 2. The first-order valence-electron chi connectivity index (χ1n) is 5.50. The van der Waals surface area contributed by atoms with Crippen LogP contribution < -0.4 is 10.6 Å². The van der Waals surface area contributed by atoms with Crippen LogP contribution in [-0.2, 0) is 6.54 Å². The summed E-state index contributed by atoms with van der Waals surface area (Å²) in [6.45, 7) is 4.35. The zero-order valence-electron chi connectivity index (χ0n) is 8.76. The molecule has 0 bridgehead atoms. The summed E-state index contributed by atoms with van der Waals surface area (Å²) in [6, 6.07) is 4.27. The molecule has 4 heteroatoms. The minimum Gasteiger partial charge on any atom is -0.315 e. The maximum Gasteiger partial charge on any atom is 0.0701 e. The summed E-state index contributed by atoms with van der Waals surface area (Å²) in [6.07, 6.45) is 2.87. The van der Waals surface area contributed by atoms with E-state index >= 15 is 0 Å². The number of rotatable bonds is 7. The highest BCUT2D eigenvalue weighted by Gasteiger charge is 2.19. The van der Waals surface area contributed by atoms with Crippen LogP contribution >= 0.6 is 27.3 Å². The molecule has 1 aliphatic rings. The second kappa shape index (κ2) is 5.99. The quantitative estimate of drug-likeness (QED) is 0.754. The van der Waals surface area contributed by atoms with Crippen LogP contribution in [0.25, 0.3) is 0 Å². The van der Waals surface area contributed by atoms with E-state index in [9.17, 15) is 0 Å². The number of thiophene rings is 1. The van der Waals surface area contributed by atoms with Gasteiger partial charge in [0.2, 0.25) is 0 Å². The fourth-order valence-electron chi connectivity index (χ4n) is 1.46. The molecule has 0 radical (unpaired) electrons. The van der Waals surface area contributed by atoms with Gasteiger partial charge in [0.05, 0.1) is 3.79 Å². The third kappa shape index (κ3) is 4.64. The Labute approximate surface area is 104 Å². The predicted octanol–water partition coefficient (Wildman–Crippen LogP) is 2.60. The molecular formula is C11H17BrN2S. The van der Waals surface area contributed by atoms with Gasteiger partial charge < -0.3 is 10.6 Å². The van der Waals surface area contributed by atoms with E-state index in [1.807, 2.05) is 0 Å². The van der Waals surface area contributed by atoms with Crippen molar-refractivity contribution in [2.75, 3.05) is 19.6 Å². The molecule has 15 heavy (non-hydrogen) atoms. The molecule has 0 saturated heterocycles. The average Bonchev–Trinajstić information content (AvgIpc) is 2.95. The van der Waals surface area contributed by atoms with E-state index in [2.05, 4.69) is 38.7 Å². The maximum absolute atomic E-state index is 3.47. The van der Waals surface area contributed by atoms with Crippen LogP contribution in [-0.4, -0.2) is 19.6 Å². The fraction of sp³-hybridized carbons (Fsp3) is 0.636. The lowest BCUT2D eigenvalue weighted by molar-refractivity contribution is 0.591. The molecule has 0 unspecified atom stereocenters. The van der Waals surface area contributed by atoms with Crippen molar-refractivity contribution >= 4 is 27.3 Å². The molecule has 1 aliphatic carbocycles. The van der Waals surface area contributed by atoms with Gasteiger partial charge in [-0.3, -0.25) is 0 Å². The molecule has 0 amide bonds. The lowest BCUT2D eigenvalue weighted by Crippen LogP contribution is -2.28. The molecule has 0 spiro atoms. The van der Waals surface area contributed by atoms with Crippen LogP contribution in [0, 0.1) is 5.92 Å². The van der Waals surface area contributed by atoms with E-state index in [0.29, 0.717) is 0 Å². The number of halogens is 1. The van der Waals surface area contributed by atoms with Crippen molar-refractivity contribution in [1.82, 2.24) is 10.6 Å². The van der Waals surface area contributed by atoms with Crippen LogP contribution in [0.15, 0.2) is 15.9 Å². The van der Waals surface area contributed by atoms with Crippen LogP contribution in [0.3, 0.4) is 0 Å². The standard InChI is InChI=1S/C11H17BrN2S/c12-11-4-3-10(15-11)8-14-6-5-13-7-9-1-2-9/h3-4,9,13-14H,1-2,5-8H2. The predicted molar refractivity (Wildman–Crippen MR) is 69.3 cm³/mol. The molecule has 1 fully saturated rings. The first-order valence-corrected chi connectivity index (χ1v) is 7.11. The Hall–Kier alpha value is 0.1000. The van der Waals surface area contributed by atoms with Crippen LogP contribution in [0.4, 0.5) is 0 Å². The van der Waals surface area contributed by atoms with Gasteiger partial charge in [0.1, 0.15) is 0 Å². The summed E-state index contributed by atoms with van der Waals surface area (Å²) >= 11 is 5.27. The minimum absolute atomic E-state index is 0.984. The number of hydrogen-bond acceptors (Lipinski definition) is 3. The van der Waals surface area contributed by atoms with Crippen LogP contribution in [0.5, 0.6) is 0 Å². The first kappa shape index (κ1) is 11.6. The topological polar surface area (TPSA) is 24.1 Å². The Morgan fingerprint density at radius 2 is 2.07 bits per heavy atom. The maximum atomic E-state index is 3.47. The van der Waals surface area contributed by atoms with Gasteiger partial charge in [-0.2, -0.15) is 0 Å². The zero-order valence-corrected chi connectivity index (χ0v) is 11.2. The second-order valence-electron chi connectivity index (χ2n) is 4.03. The van der Waals surface area contributed by atoms with E-state index in [1.54, 1.807) is 11.3 Å². The van der Waals surface area contributed by atoms with Gasteiger partial charge in [0.15, 0.2) is 0 Å². The summed E-state index contributed by atoms with van der Waals surface area (Å²) in [4.78, 5) is 1.39. The van der Waals surface area contributed by atoms with Gasteiger partial charge in [-0.25, -0.2) is 0 Å². The monoisotopic (exact) mass is 288 g/mol. The first-order chi connectivity index (χ1) is 7.34. The largest absolute Gasteiger partial charge is 0.315 e. The SMILES string of the molecule is Brc1ccc(CNCCNCC2CC2)s1. The lowest BCUT2D eigenvalue weighted by Gasteiger charge is -2.04. The molecule has 0 aliphatic heterocycles. The van der Waals surface area contributed by atoms with Gasteiger partial charge >= 0.3 is 0 Å². The van der Waals surface area contributed by atoms with Crippen molar-refractivity contribution in [3.63, 3.8) is 0 Å². The molecule has 0 aromatic carbocycles. The molecule has 84 valence electrons. The van der Waals surface area contributed by atoms with Crippen molar-refractivity contribution < 1.29 is 0 Å². The molecule has 1 aromatic heterocycles. The van der Waals surface area contributed by atoms with E-state index in [4.69, 9.17) is 0 Å². The van der Waals surface area contributed by atoms with E-state index in [0.717, 1.165) is 25.6 Å². The fourth-order valence-corrected chi connectivity index (χ4v) is 2.92.